The van der Waals surface area contributed by atoms with E-state index in [4.69, 9.17) is 4.74 Å². The van der Waals surface area contributed by atoms with Crippen LogP contribution in [-0.4, -0.2) is 12.1 Å². The first-order valence-corrected chi connectivity index (χ1v) is 15.9. The van der Waals surface area contributed by atoms with Crippen molar-refractivity contribution in [1.82, 2.24) is 0 Å². The average molecular weight is 481 g/mol. The third kappa shape index (κ3) is 27.7. The Labute approximate surface area is 215 Å². The number of hydrogen-bond acceptors (Lipinski definition) is 2. The van der Waals surface area contributed by atoms with Crippen LogP contribution in [0.4, 0.5) is 0 Å². The van der Waals surface area contributed by atoms with Crippen molar-refractivity contribution in [3.8, 4) is 0 Å². The van der Waals surface area contributed by atoms with E-state index >= 15 is 0 Å². The van der Waals surface area contributed by atoms with E-state index < -0.39 is 0 Å². The Morgan fingerprint density at radius 3 is 1.12 bits per heavy atom. The molecular weight excluding hydrogens is 416 g/mol. The van der Waals surface area contributed by atoms with Crippen molar-refractivity contribution in [3.05, 3.63) is 0 Å². The number of hydrogen-bond donors (Lipinski definition) is 0. The third-order valence-corrected chi connectivity index (χ3v) is 7.28. The molecule has 0 saturated heterocycles. The van der Waals surface area contributed by atoms with Gasteiger partial charge in [0.2, 0.25) is 0 Å². The summed E-state index contributed by atoms with van der Waals surface area (Å²) in [6.45, 7) is 6.64. The molecule has 0 N–H and O–H groups in total. The maximum absolute atomic E-state index is 12.1. The second-order valence-electron chi connectivity index (χ2n) is 11.0. The van der Waals surface area contributed by atoms with Crippen LogP contribution in [0.15, 0.2) is 0 Å². The van der Waals surface area contributed by atoms with Crippen LogP contribution in [0.3, 0.4) is 0 Å². The molecular formula is C32H64O2. The van der Waals surface area contributed by atoms with Gasteiger partial charge in [-0.15, -0.1) is 0 Å². The van der Waals surface area contributed by atoms with Gasteiger partial charge in [-0.05, 0) is 26.2 Å². The van der Waals surface area contributed by atoms with Gasteiger partial charge in [-0.2, -0.15) is 0 Å². The predicted octanol–water partition coefficient (Wildman–Crippen LogP) is 11.5. The van der Waals surface area contributed by atoms with Gasteiger partial charge in [0.1, 0.15) is 0 Å². The maximum atomic E-state index is 12.1. The molecule has 204 valence electrons. The Morgan fingerprint density at radius 1 is 0.471 bits per heavy atom. The Bertz CT molecular complexity index is 392. The number of esters is 1. The molecule has 1 unspecified atom stereocenters. The van der Waals surface area contributed by atoms with E-state index in [1.165, 1.54) is 154 Å². The Morgan fingerprint density at radius 2 is 0.765 bits per heavy atom. The normalized spacial score (nSPS) is 12.2. The molecule has 0 amide bonds. The SMILES string of the molecule is CCCCCCCCCCCCCCCC(=O)OC(C)CCCCCCCCCCCCCC. The van der Waals surface area contributed by atoms with Gasteiger partial charge in [0, 0.05) is 6.42 Å². The first-order valence-electron chi connectivity index (χ1n) is 15.9. The van der Waals surface area contributed by atoms with Gasteiger partial charge in [-0.3, -0.25) is 4.79 Å². The van der Waals surface area contributed by atoms with Crippen LogP contribution >= 0.6 is 0 Å². The molecule has 0 bridgehead atoms. The average Bonchev–Trinajstić information content (AvgIpc) is 2.82. The highest BCUT2D eigenvalue weighted by atomic mass is 16.5. The molecule has 0 saturated carbocycles. The minimum atomic E-state index is 0.0227. The number of unbranched alkanes of at least 4 members (excludes halogenated alkanes) is 23. The fourth-order valence-electron chi connectivity index (χ4n) is 4.90. The van der Waals surface area contributed by atoms with E-state index in [9.17, 15) is 4.79 Å². The molecule has 2 nitrogen and oxygen atoms in total. The second kappa shape index (κ2) is 28.7. The Balaban J connectivity index is 3.28. The van der Waals surface area contributed by atoms with E-state index in [0.29, 0.717) is 6.42 Å². The summed E-state index contributed by atoms with van der Waals surface area (Å²) in [6.07, 6.45) is 35.7. The molecule has 0 aliphatic rings. The lowest BCUT2D eigenvalue weighted by Crippen LogP contribution is -2.14. The molecule has 0 aliphatic carbocycles. The molecule has 0 aromatic heterocycles. The highest BCUT2D eigenvalue weighted by Crippen LogP contribution is 2.15. The number of carbonyl (C=O) groups is 1. The van der Waals surface area contributed by atoms with E-state index in [1.54, 1.807) is 0 Å². The first-order chi connectivity index (χ1) is 16.7. The molecule has 0 fully saturated rings. The van der Waals surface area contributed by atoms with Crippen molar-refractivity contribution in [3.63, 3.8) is 0 Å². The van der Waals surface area contributed by atoms with Crippen molar-refractivity contribution in [2.45, 2.75) is 200 Å². The molecule has 0 heterocycles. The summed E-state index contributed by atoms with van der Waals surface area (Å²) in [5, 5.41) is 0. The summed E-state index contributed by atoms with van der Waals surface area (Å²) in [7, 11) is 0. The molecule has 2 heteroatoms. The number of carbonyl (C=O) groups excluding carboxylic acids is 1. The van der Waals surface area contributed by atoms with Crippen LogP contribution in [0.2, 0.25) is 0 Å². The van der Waals surface area contributed by atoms with E-state index in [2.05, 4.69) is 20.8 Å². The lowest BCUT2D eigenvalue weighted by Gasteiger charge is -2.13. The van der Waals surface area contributed by atoms with Gasteiger partial charge in [0.15, 0.2) is 0 Å². The molecule has 0 spiro atoms. The van der Waals surface area contributed by atoms with Crippen molar-refractivity contribution >= 4 is 5.97 Å². The van der Waals surface area contributed by atoms with Crippen molar-refractivity contribution in [2.24, 2.45) is 0 Å². The predicted molar refractivity (Wildman–Crippen MR) is 152 cm³/mol. The van der Waals surface area contributed by atoms with Crippen molar-refractivity contribution in [2.75, 3.05) is 0 Å². The fourth-order valence-corrected chi connectivity index (χ4v) is 4.90. The van der Waals surface area contributed by atoms with E-state index in [1.807, 2.05) is 0 Å². The van der Waals surface area contributed by atoms with Crippen LogP contribution in [0.1, 0.15) is 194 Å². The van der Waals surface area contributed by atoms with Crippen molar-refractivity contribution in [1.29, 1.82) is 0 Å². The van der Waals surface area contributed by atoms with Crippen LogP contribution in [0, 0.1) is 0 Å². The van der Waals surface area contributed by atoms with Crippen LogP contribution in [0.25, 0.3) is 0 Å². The van der Waals surface area contributed by atoms with Gasteiger partial charge in [-0.1, -0.05) is 162 Å². The smallest absolute Gasteiger partial charge is 0.306 e. The van der Waals surface area contributed by atoms with Gasteiger partial charge in [0.25, 0.3) is 0 Å². The van der Waals surface area contributed by atoms with Crippen molar-refractivity contribution < 1.29 is 9.53 Å². The quantitative estimate of drug-likeness (QED) is 0.0821. The molecule has 0 rings (SSSR count). The third-order valence-electron chi connectivity index (χ3n) is 7.28. The van der Waals surface area contributed by atoms with Gasteiger partial charge < -0.3 is 4.74 Å². The largest absolute Gasteiger partial charge is 0.463 e. The summed E-state index contributed by atoms with van der Waals surface area (Å²) in [4.78, 5) is 12.1. The zero-order valence-electron chi connectivity index (χ0n) is 24.0. The molecule has 0 aliphatic heterocycles. The molecule has 0 aromatic carbocycles. The highest BCUT2D eigenvalue weighted by Gasteiger charge is 2.09. The summed E-state index contributed by atoms with van der Waals surface area (Å²) >= 11 is 0. The van der Waals surface area contributed by atoms with Crippen LogP contribution in [-0.2, 0) is 9.53 Å². The summed E-state index contributed by atoms with van der Waals surface area (Å²) in [5.41, 5.74) is 0. The zero-order valence-corrected chi connectivity index (χ0v) is 24.0. The highest BCUT2D eigenvalue weighted by molar-refractivity contribution is 5.69. The lowest BCUT2D eigenvalue weighted by molar-refractivity contribution is -0.148. The Kier molecular flexibility index (Phi) is 28.3. The van der Waals surface area contributed by atoms with Gasteiger partial charge in [0.05, 0.1) is 6.10 Å². The molecule has 0 radical (unpaired) electrons. The standard InChI is InChI=1S/C32H64O2/c1-4-6-8-10-12-14-16-18-20-22-24-26-28-30-32(33)34-31(3)29-27-25-23-21-19-17-15-13-11-9-7-5-2/h31H,4-30H2,1-3H3. The molecule has 0 aromatic rings. The van der Waals surface area contributed by atoms with E-state index in [0.717, 1.165) is 12.8 Å². The van der Waals surface area contributed by atoms with Crippen LogP contribution in [0.5, 0.6) is 0 Å². The second-order valence-corrected chi connectivity index (χ2v) is 11.0. The van der Waals surface area contributed by atoms with Gasteiger partial charge in [-0.25, -0.2) is 0 Å². The number of ether oxygens (including phenoxy) is 1. The topological polar surface area (TPSA) is 26.3 Å². The fraction of sp³-hybridized carbons (Fsp3) is 0.969. The van der Waals surface area contributed by atoms with E-state index in [-0.39, 0.29) is 12.1 Å². The minimum absolute atomic E-state index is 0.0227. The minimum Gasteiger partial charge on any atom is -0.463 e. The molecule has 1 atom stereocenters. The summed E-state index contributed by atoms with van der Waals surface area (Å²) in [6, 6.07) is 0. The van der Waals surface area contributed by atoms with Gasteiger partial charge >= 0.3 is 5.97 Å². The summed E-state index contributed by atoms with van der Waals surface area (Å²) < 4.78 is 5.62. The maximum Gasteiger partial charge on any atom is 0.306 e. The number of rotatable bonds is 28. The lowest BCUT2D eigenvalue weighted by atomic mass is 10.0. The zero-order chi connectivity index (χ0) is 25.0. The summed E-state index contributed by atoms with van der Waals surface area (Å²) in [5.74, 6) is 0.0227. The monoisotopic (exact) mass is 480 g/mol. The first kappa shape index (κ1) is 33.5. The van der Waals surface area contributed by atoms with Crippen LogP contribution < -0.4 is 0 Å². The Hall–Kier alpha value is -0.530. The molecule has 34 heavy (non-hydrogen) atoms.